The van der Waals surface area contributed by atoms with E-state index < -0.39 is 23.4 Å². The molecule has 0 saturated carbocycles. The van der Waals surface area contributed by atoms with Gasteiger partial charge in [0.05, 0.1) is 6.54 Å². The van der Waals surface area contributed by atoms with Crippen molar-refractivity contribution in [1.29, 1.82) is 0 Å². The summed E-state index contributed by atoms with van der Waals surface area (Å²) in [6, 6.07) is 4.53. The largest absolute Gasteiger partial charge is 0.490 e. The van der Waals surface area contributed by atoms with Crippen LogP contribution in [0.5, 0.6) is 0 Å². The molecule has 3 aromatic rings. The fourth-order valence-corrected chi connectivity index (χ4v) is 3.05. The molecule has 0 radical (unpaired) electrons. The summed E-state index contributed by atoms with van der Waals surface area (Å²) in [6.45, 7) is 1.20. The number of carbonyl (C=O) groups is 1. The van der Waals surface area contributed by atoms with Crippen LogP contribution in [0.4, 0.5) is 26.3 Å². The fourth-order valence-electron chi connectivity index (χ4n) is 2.91. The number of aliphatic carboxylic acids is 1. The summed E-state index contributed by atoms with van der Waals surface area (Å²) in [7, 11) is 0. The van der Waals surface area contributed by atoms with Crippen LogP contribution in [0.1, 0.15) is 17.2 Å². The van der Waals surface area contributed by atoms with E-state index in [1.165, 1.54) is 10.6 Å². The van der Waals surface area contributed by atoms with Crippen molar-refractivity contribution in [3.8, 4) is 11.4 Å². The van der Waals surface area contributed by atoms with Crippen LogP contribution in [-0.4, -0.2) is 64.1 Å². The molecule has 2 N–H and O–H groups in total. The van der Waals surface area contributed by atoms with Crippen molar-refractivity contribution >= 4 is 17.6 Å². The second-order valence-corrected chi connectivity index (χ2v) is 7.12. The first kappa shape index (κ1) is 24.4. The molecule has 1 aliphatic rings. The Labute approximate surface area is 185 Å². The number of aromatic nitrogens is 7. The van der Waals surface area contributed by atoms with Crippen LogP contribution >= 0.6 is 11.6 Å². The summed E-state index contributed by atoms with van der Waals surface area (Å²) in [5.41, 5.74) is 1.06. The zero-order valence-electron chi connectivity index (χ0n) is 16.2. The van der Waals surface area contributed by atoms with Crippen LogP contribution in [0.25, 0.3) is 11.4 Å². The molecule has 4 rings (SSSR count). The summed E-state index contributed by atoms with van der Waals surface area (Å²) in [5.74, 6) is -2.98. The van der Waals surface area contributed by atoms with Crippen LogP contribution < -0.4 is 0 Å². The van der Waals surface area contributed by atoms with Crippen molar-refractivity contribution in [3.63, 3.8) is 0 Å². The highest BCUT2D eigenvalue weighted by atomic mass is 35.5. The maximum Gasteiger partial charge on any atom is 0.490 e. The summed E-state index contributed by atoms with van der Waals surface area (Å²) < 4.78 is 73.8. The molecular formula is C16H13ClF6N8O2. The highest BCUT2D eigenvalue weighted by molar-refractivity contribution is 6.21. The van der Waals surface area contributed by atoms with Gasteiger partial charge in [-0.1, -0.05) is 0 Å². The minimum Gasteiger partial charge on any atom is -0.475 e. The minimum atomic E-state index is -5.08. The van der Waals surface area contributed by atoms with Crippen molar-refractivity contribution in [2.24, 2.45) is 0 Å². The van der Waals surface area contributed by atoms with Gasteiger partial charge in [-0.15, -0.1) is 20.4 Å². The standard InChI is InChI=1S/C14H12ClF3N8.C2HF3O2/c15-14(17,18)13-22-19-11-7-25(3-4-26(11)13)6-9-5-8(1-2-10(9)16)12-20-23-24-21-12;3-2(4,5)1(6)7/h1-2,5H,3-4,6-7H2,(H,20,21,23,24);(H,6,7). The van der Waals surface area contributed by atoms with Crippen LogP contribution in [0.2, 0.25) is 0 Å². The highest BCUT2D eigenvalue weighted by Gasteiger charge is 2.38. The number of hydrogen-bond donors (Lipinski definition) is 2. The quantitative estimate of drug-likeness (QED) is 0.415. The second kappa shape index (κ2) is 9.30. The van der Waals surface area contributed by atoms with E-state index in [4.69, 9.17) is 21.5 Å². The van der Waals surface area contributed by atoms with Crippen LogP contribution in [0, 0.1) is 5.82 Å². The van der Waals surface area contributed by atoms with Gasteiger partial charge in [-0.2, -0.15) is 27.2 Å². The normalized spacial score (nSPS) is 14.4. The molecule has 0 fully saturated rings. The second-order valence-electron chi connectivity index (χ2n) is 6.64. The molecule has 17 heteroatoms. The van der Waals surface area contributed by atoms with E-state index in [1.807, 2.05) is 4.90 Å². The number of fused-ring (bicyclic) bond motifs is 1. The molecule has 2 aromatic heterocycles. The van der Waals surface area contributed by atoms with Crippen molar-refractivity contribution in [2.45, 2.75) is 31.2 Å². The minimum absolute atomic E-state index is 0.242. The van der Waals surface area contributed by atoms with E-state index in [9.17, 15) is 26.3 Å². The van der Waals surface area contributed by atoms with Gasteiger partial charge in [0.2, 0.25) is 11.6 Å². The van der Waals surface area contributed by atoms with E-state index >= 15 is 0 Å². The number of hydrogen-bond acceptors (Lipinski definition) is 7. The van der Waals surface area contributed by atoms with Gasteiger partial charge in [-0.3, -0.25) is 4.90 Å². The number of aromatic amines is 1. The Balaban J connectivity index is 0.000000383. The van der Waals surface area contributed by atoms with Gasteiger partial charge in [0, 0.05) is 30.8 Å². The van der Waals surface area contributed by atoms with Crippen molar-refractivity contribution in [1.82, 2.24) is 40.3 Å². The molecule has 0 bridgehead atoms. The topological polar surface area (TPSA) is 126 Å². The Morgan fingerprint density at radius 1 is 1.15 bits per heavy atom. The zero-order valence-corrected chi connectivity index (χ0v) is 16.9. The molecule has 0 saturated heterocycles. The van der Waals surface area contributed by atoms with Crippen LogP contribution in [0.3, 0.4) is 0 Å². The maximum atomic E-state index is 14.2. The predicted molar refractivity (Wildman–Crippen MR) is 97.1 cm³/mol. The molecule has 3 heterocycles. The lowest BCUT2D eigenvalue weighted by Gasteiger charge is -2.28. The number of rotatable bonds is 4. The molecule has 0 aliphatic carbocycles. The summed E-state index contributed by atoms with van der Waals surface area (Å²) in [4.78, 5) is 10.8. The SMILES string of the molecule is Fc1ccc(-c2nn[nH]n2)cc1CN1CCn2c(nnc2C(F)(F)Cl)C1.O=C(O)C(F)(F)F. The third-order valence-corrected chi connectivity index (χ3v) is 4.54. The molecule has 0 spiro atoms. The molecule has 10 nitrogen and oxygen atoms in total. The molecule has 0 atom stereocenters. The monoisotopic (exact) mass is 498 g/mol. The molecular weight excluding hydrogens is 486 g/mol. The third-order valence-electron chi connectivity index (χ3n) is 4.37. The van der Waals surface area contributed by atoms with Crippen molar-refractivity contribution in [2.75, 3.05) is 6.54 Å². The molecule has 1 aromatic carbocycles. The Morgan fingerprint density at radius 2 is 1.85 bits per heavy atom. The van der Waals surface area contributed by atoms with Gasteiger partial charge in [0.15, 0.2) is 0 Å². The molecule has 0 unspecified atom stereocenters. The molecule has 1 aliphatic heterocycles. The lowest BCUT2D eigenvalue weighted by molar-refractivity contribution is -0.192. The molecule has 0 amide bonds. The van der Waals surface area contributed by atoms with Crippen molar-refractivity contribution < 1.29 is 36.2 Å². The van der Waals surface area contributed by atoms with E-state index in [-0.39, 0.29) is 25.5 Å². The fraction of sp³-hybridized carbons (Fsp3) is 0.375. The molecule has 33 heavy (non-hydrogen) atoms. The van der Waals surface area contributed by atoms with Gasteiger partial charge in [0.1, 0.15) is 11.6 Å². The third kappa shape index (κ3) is 5.95. The van der Waals surface area contributed by atoms with E-state index in [0.29, 0.717) is 29.3 Å². The first-order valence-electron chi connectivity index (χ1n) is 8.90. The maximum absolute atomic E-state index is 14.2. The Hall–Kier alpha value is -3.27. The van der Waals surface area contributed by atoms with Crippen molar-refractivity contribution in [3.05, 3.63) is 41.2 Å². The average Bonchev–Trinajstić information content (AvgIpc) is 3.38. The predicted octanol–water partition coefficient (Wildman–Crippen LogP) is 2.53. The number of tetrazole rings is 1. The van der Waals surface area contributed by atoms with Gasteiger partial charge in [-0.05, 0) is 35.0 Å². The first-order valence-corrected chi connectivity index (χ1v) is 9.28. The van der Waals surface area contributed by atoms with E-state index in [2.05, 4.69) is 30.8 Å². The summed E-state index contributed by atoms with van der Waals surface area (Å²) in [5, 5.41) is 24.4. The van der Waals surface area contributed by atoms with E-state index in [1.54, 1.807) is 12.1 Å². The Kier molecular flexibility index (Phi) is 6.87. The number of nitrogens with one attached hydrogen (secondary N) is 1. The van der Waals surface area contributed by atoms with Gasteiger partial charge < -0.3 is 9.67 Å². The van der Waals surface area contributed by atoms with Gasteiger partial charge >= 0.3 is 17.5 Å². The average molecular weight is 499 g/mol. The van der Waals surface area contributed by atoms with E-state index in [0.717, 1.165) is 0 Å². The lowest BCUT2D eigenvalue weighted by atomic mass is 10.1. The number of carboxylic acids is 1. The zero-order chi connectivity index (χ0) is 24.4. The van der Waals surface area contributed by atoms with Crippen LogP contribution in [0.15, 0.2) is 18.2 Å². The Bertz CT molecular complexity index is 1120. The number of benzene rings is 1. The number of halogens is 7. The highest BCUT2D eigenvalue weighted by Crippen LogP contribution is 2.32. The van der Waals surface area contributed by atoms with Crippen LogP contribution in [-0.2, 0) is 29.8 Å². The number of H-pyrrole nitrogens is 1. The Morgan fingerprint density at radius 3 is 2.42 bits per heavy atom. The number of nitrogens with zero attached hydrogens (tertiary/aromatic N) is 7. The smallest absolute Gasteiger partial charge is 0.475 e. The first-order chi connectivity index (χ1) is 15.4. The number of carboxylic acid groups (broad SMARTS) is 1. The molecule has 178 valence electrons. The van der Waals surface area contributed by atoms with Gasteiger partial charge in [-0.25, -0.2) is 9.18 Å². The summed E-state index contributed by atoms with van der Waals surface area (Å²) >= 11 is 5.05. The summed E-state index contributed by atoms with van der Waals surface area (Å²) in [6.07, 6.45) is -5.08. The lowest BCUT2D eigenvalue weighted by Crippen LogP contribution is -2.35. The number of alkyl halides is 6. The van der Waals surface area contributed by atoms with Gasteiger partial charge in [0.25, 0.3) is 0 Å².